The second kappa shape index (κ2) is 6.78. The maximum absolute atomic E-state index is 12.5. The molecule has 1 saturated heterocycles. The number of carbonyl (C=O) groups excluding carboxylic acids is 1. The Morgan fingerprint density at radius 2 is 2.19 bits per heavy atom. The van der Waals surface area contributed by atoms with Gasteiger partial charge in [0.1, 0.15) is 5.76 Å². The molecular formula is C12H20ClN3O4S. The van der Waals surface area contributed by atoms with Gasteiger partial charge in [0.2, 0.25) is 5.09 Å². The Bertz CT molecular complexity index is 614. The van der Waals surface area contributed by atoms with E-state index in [1.165, 1.54) is 13.1 Å². The van der Waals surface area contributed by atoms with Crippen LogP contribution in [0.15, 0.2) is 15.6 Å². The lowest BCUT2D eigenvalue weighted by Crippen LogP contribution is -2.52. The third-order valence-electron chi connectivity index (χ3n) is 3.42. The Hall–Kier alpha value is -1.09. The fourth-order valence-electron chi connectivity index (χ4n) is 2.20. The number of hydrogen-bond donors (Lipinski definition) is 2. The van der Waals surface area contributed by atoms with Crippen molar-refractivity contribution in [1.29, 1.82) is 0 Å². The summed E-state index contributed by atoms with van der Waals surface area (Å²) in [5, 5.41) is 2.97. The fraction of sp³-hybridized carbons (Fsp3) is 0.583. The minimum atomic E-state index is -3.68. The molecular weight excluding hydrogens is 318 g/mol. The highest BCUT2D eigenvalue weighted by atomic mass is 35.5. The summed E-state index contributed by atoms with van der Waals surface area (Å²) in [6.45, 7) is 5.59. The van der Waals surface area contributed by atoms with Crippen LogP contribution in [-0.4, -0.2) is 51.9 Å². The summed E-state index contributed by atoms with van der Waals surface area (Å²) >= 11 is 0. The largest absolute Gasteiger partial charge is 0.448 e. The quantitative estimate of drug-likeness (QED) is 0.830. The molecule has 1 unspecified atom stereocenters. The Kier molecular flexibility index (Phi) is 5.80. The van der Waals surface area contributed by atoms with Gasteiger partial charge in [-0.25, -0.2) is 13.1 Å². The lowest BCUT2D eigenvalue weighted by molar-refractivity contribution is 0.0654. The number of furan rings is 1. The molecule has 1 aliphatic heterocycles. The van der Waals surface area contributed by atoms with Gasteiger partial charge < -0.3 is 14.6 Å². The second-order valence-corrected chi connectivity index (χ2v) is 6.61. The van der Waals surface area contributed by atoms with E-state index in [0.717, 1.165) is 13.1 Å². The van der Waals surface area contributed by atoms with E-state index in [1.54, 1.807) is 11.8 Å². The van der Waals surface area contributed by atoms with Crippen molar-refractivity contribution in [3.8, 4) is 0 Å². The zero-order valence-electron chi connectivity index (χ0n) is 12.2. The number of nitrogens with one attached hydrogen (secondary N) is 2. The smallest absolute Gasteiger partial charge is 0.273 e. The molecule has 1 aliphatic rings. The number of hydrogen-bond acceptors (Lipinski definition) is 5. The van der Waals surface area contributed by atoms with Gasteiger partial charge in [-0.3, -0.25) is 4.79 Å². The van der Waals surface area contributed by atoms with E-state index in [9.17, 15) is 13.2 Å². The normalized spacial score (nSPS) is 19.2. The summed E-state index contributed by atoms with van der Waals surface area (Å²) in [6.07, 6.45) is 0. The van der Waals surface area contributed by atoms with E-state index >= 15 is 0 Å². The molecule has 21 heavy (non-hydrogen) atoms. The first kappa shape index (κ1) is 18.0. The predicted octanol–water partition coefficient (Wildman–Crippen LogP) is 0.352. The topological polar surface area (TPSA) is 91.7 Å². The SMILES string of the molecule is CNS(=O)(=O)c1cc(C(=O)N2CCNCC2C)c(C)o1.Cl. The van der Waals surface area contributed by atoms with Crippen molar-refractivity contribution in [2.45, 2.75) is 25.0 Å². The Balaban J connectivity index is 0.00000220. The lowest BCUT2D eigenvalue weighted by atomic mass is 10.1. The highest BCUT2D eigenvalue weighted by molar-refractivity contribution is 7.89. The molecule has 0 aliphatic carbocycles. The van der Waals surface area contributed by atoms with Crippen LogP contribution in [0.25, 0.3) is 0 Å². The van der Waals surface area contributed by atoms with Crippen LogP contribution in [0, 0.1) is 6.92 Å². The number of nitrogens with zero attached hydrogens (tertiary/aromatic N) is 1. The molecule has 1 amide bonds. The molecule has 1 aromatic heterocycles. The van der Waals surface area contributed by atoms with Crippen LogP contribution in [0.2, 0.25) is 0 Å². The lowest BCUT2D eigenvalue weighted by Gasteiger charge is -2.33. The molecule has 0 radical (unpaired) electrons. The first-order valence-corrected chi connectivity index (χ1v) is 7.91. The molecule has 120 valence electrons. The van der Waals surface area contributed by atoms with Crippen LogP contribution < -0.4 is 10.0 Å². The van der Waals surface area contributed by atoms with Gasteiger partial charge >= 0.3 is 0 Å². The third-order valence-corrected chi connectivity index (χ3v) is 4.69. The van der Waals surface area contributed by atoms with Crippen LogP contribution in [0.3, 0.4) is 0 Å². The molecule has 1 aromatic rings. The monoisotopic (exact) mass is 337 g/mol. The van der Waals surface area contributed by atoms with Gasteiger partial charge in [0.05, 0.1) is 5.56 Å². The van der Waals surface area contributed by atoms with Gasteiger partial charge in [-0.2, -0.15) is 0 Å². The molecule has 0 bridgehead atoms. The highest BCUT2D eigenvalue weighted by Gasteiger charge is 2.29. The van der Waals surface area contributed by atoms with Crippen molar-refractivity contribution in [3.05, 3.63) is 17.4 Å². The number of halogens is 1. The van der Waals surface area contributed by atoms with E-state index < -0.39 is 10.0 Å². The number of aryl methyl sites for hydroxylation is 1. The van der Waals surface area contributed by atoms with Crippen LogP contribution in [-0.2, 0) is 10.0 Å². The highest BCUT2D eigenvalue weighted by Crippen LogP contribution is 2.21. The maximum Gasteiger partial charge on any atom is 0.273 e. The maximum atomic E-state index is 12.5. The first-order chi connectivity index (χ1) is 9.36. The molecule has 0 spiro atoms. The van der Waals surface area contributed by atoms with E-state index in [1.807, 2.05) is 6.92 Å². The van der Waals surface area contributed by atoms with Gasteiger partial charge in [-0.15, -0.1) is 12.4 Å². The van der Waals surface area contributed by atoms with Crippen molar-refractivity contribution < 1.29 is 17.6 Å². The van der Waals surface area contributed by atoms with Gasteiger partial charge in [0.25, 0.3) is 15.9 Å². The van der Waals surface area contributed by atoms with E-state index in [4.69, 9.17) is 4.42 Å². The van der Waals surface area contributed by atoms with E-state index in [-0.39, 0.29) is 29.4 Å². The fourth-order valence-corrected chi connectivity index (χ4v) is 2.91. The summed E-state index contributed by atoms with van der Waals surface area (Å²) in [5.74, 6) is 0.118. The van der Waals surface area contributed by atoms with Gasteiger partial charge in [0, 0.05) is 31.7 Å². The standard InChI is InChI=1S/C12H19N3O4S.ClH/c1-8-7-14-4-5-15(8)12(16)10-6-11(19-9(10)2)20(17,18)13-3;/h6,8,13-14H,4-5,7H2,1-3H3;1H. The zero-order valence-corrected chi connectivity index (χ0v) is 13.8. The van der Waals surface area contributed by atoms with Crippen LogP contribution in [0.5, 0.6) is 0 Å². The van der Waals surface area contributed by atoms with E-state index in [2.05, 4.69) is 10.0 Å². The number of carbonyl (C=O) groups is 1. The summed E-state index contributed by atoms with van der Waals surface area (Å²) in [5.41, 5.74) is 0.299. The molecule has 2 heterocycles. The number of sulfonamides is 1. The minimum absolute atomic E-state index is 0. The molecule has 1 atom stereocenters. The Morgan fingerprint density at radius 1 is 1.52 bits per heavy atom. The van der Waals surface area contributed by atoms with Crippen molar-refractivity contribution >= 4 is 28.3 Å². The molecule has 0 saturated carbocycles. The molecule has 1 fully saturated rings. The second-order valence-electron chi connectivity index (χ2n) is 4.79. The first-order valence-electron chi connectivity index (χ1n) is 6.42. The van der Waals surface area contributed by atoms with Gasteiger partial charge in [-0.1, -0.05) is 0 Å². The van der Waals surface area contributed by atoms with Crippen LogP contribution >= 0.6 is 12.4 Å². The number of amides is 1. The third kappa shape index (κ3) is 3.57. The van der Waals surface area contributed by atoms with E-state index in [0.29, 0.717) is 17.9 Å². The minimum Gasteiger partial charge on any atom is -0.448 e. The number of rotatable bonds is 3. The molecule has 2 N–H and O–H groups in total. The molecule has 7 nitrogen and oxygen atoms in total. The summed E-state index contributed by atoms with van der Waals surface area (Å²) in [6, 6.07) is 1.35. The predicted molar refractivity (Wildman–Crippen MR) is 80.3 cm³/mol. The molecule has 2 rings (SSSR count). The van der Waals surface area contributed by atoms with Crippen molar-refractivity contribution in [2.24, 2.45) is 0 Å². The zero-order chi connectivity index (χ0) is 14.9. The van der Waals surface area contributed by atoms with Crippen molar-refractivity contribution in [3.63, 3.8) is 0 Å². The average Bonchev–Trinajstić information content (AvgIpc) is 2.81. The summed E-state index contributed by atoms with van der Waals surface area (Å²) in [7, 11) is -2.38. The summed E-state index contributed by atoms with van der Waals surface area (Å²) < 4.78 is 30.8. The Morgan fingerprint density at radius 3 is 2.76 bits per heavy atom. The average molecular weight is 338 g/mol. The number of piperazine rings is 1. The van der Waals surface area contributed by atoms with Gasteiger partial charge in [-0.05, 0) is 20.9 Å². The summed E-state index contributed by atoms with van der Waals surface area (Å²) in [4.78, 5) is 14.2. The van der Waals surface area contributed by atoms with Crippen molar-refractivity contribution in [1.82, 2.24) is 14.9 Å². The van der Waals surface area contributed by atoms with Crippen LogP contribution in [0.4, 0.5) is 0 Å². The van der Waals surface area contributed by atoms with Crippen LogP contribution in [0.1, 0.15) is 23.0 Å². The van der Waals surface area contributed by atoms with Crippen molar-refractivity contribution in [2.75, 3.05) is 26.7 Å². The Labute approximate surface area is 130 Å². The molecule has 0 aromatic carbocycles. The van der Waals surface area contributed by atoms with Gasteiger partial charge in [0.15, 0.2) is 0 Å². The molecule has 9 heteroatoms.